The molecule has 4 aliphatic carbocycles. The van der Waals surface area contributed by atoms with Crippen molar-refractivity contribution in [2.75, 3.05) is 6.61 Å². The summed E-state index contributed by atoms with van der Waals surface area (Å²) in [5, 5.41) is 0. The van der Waals surface area contributed by atoms with Gasteiger partial charge in [0.25, 0.3) is 0 Å². The van der Waals surface area contributed by atoms with Crippen LogP contribution in [0.4, 0.5) is 0 Å². The number of fused-ring (bicyclic) bond motifs is 5. The van der Waals surface area contributed by atoms with Crippen LogP contribution in [0.3, 0.4) is 0 Å². The first-order chi connectivity index (χ1) is 13.4. The maximum atomic E-state index is 12.0. The molecule has 0 aromatic heterocycles. The monoisotopic (exact) mass is 382 g/mol. The molecule has 0 aromatic carbocycles. The highest BCUT2D eigenvalue weighted by Gasteiger charge is 2.64. The van der Waals surface area contributed by atoms with E-state index in [2.05, 4.69) is 26.7 Å². The Kier molecular flexibility index (Phi) is 5.28. The van der Waals surface area contributed by atoms with Gasteiger partial charge < -0.3 is 4.74 Å². The van der Waals surface area contributed by atoms with Gasteiger partial charge in [0, 0.05) is 18.4 Å². The van der Waals surface area contributed by atoms with E-state index in [1.807, 2.05) is 6.08 Å². The van der Waals surface area contributed by atoms with Crippen LogP contribution in [0.25, 0.3) is 0 Å². The van der Waals surface area contributed by atoms with E-state index >= 15 is 0 Å². The fourth-order valence-corrected chi connectivity index (χ4v) is 7.67. The molecule has 0 aliphatic heterocycles. The molecular formula is C26H38O2. The molecular weight excluding hydrogens is 344 g/mol. The van der Waals surface area contributed by atoms with Crippen LogP contribution in [0.15, 0.2) is 11.6 Å². The van der Waals surface area contributed by atoms with Gasteiger partial charge in [0.15, 0.2) is 5.78 Å². The Hall–Kier alpha value is -1.07. The number of hydrogen-bond acceptors (Lipinski definition) is 2. The van der Waals surface area contributed by atoms with E-state index in [0.29, 0.717) is 17.6 Å². The number of carbonyl (C=O) groups excluding carboxylic acids is 1. The number of ketones is 1. The predicted molar refractivity (Wildman–Crippen MR) is 114 cm³/mol. The predicted octanol–water partition coefficient (Wildman–Crippen LogP) is 6.10. The summed E-state index contributed by atoms with van der Waals surface area (Å²) in [5.41, 5.74) is 1.43. The lowest BCUT2D eigenvalue weighted by molar-refractivity contribution is -0.131. The Balaban J connectivity index is 1.57. The molecule has 0 aromatic rings. The highest BCUT2D eigenvalue weighted by molar-refractivity contribution is 5.91. The summed E-state index contributed by atoms with van der Waals surface area (Å²) >= 11 is 0. The quantitative estimate of drug-likeness (QED) is 0.424. The number of hydrogen-bond donors (Lipinski definition) is 0. The van der Waals surface area contributed by atoms with Gasteiger partial charge in [-0.1, -0.05) is 45.1 Å². The van der Waals surface area contributed by atoms with Crippen LogP contribution in [0.1, 0.15) is 91.4 Å². The third kappa shape index (κ3) is 2.84. The van der Waals surface area contributed by atoms with E-state index in [-0.39, 0.29) is 16.4 Å². The Labute approximate surface area is 171 Å². The number of ether oxygens (including phenoxy) is 1. The van der Waals surface area contributed by atoms with Gasteiger partial charge in [0.1, 0.15) is 5.60 Å². The summed E-state index contributed by atoms with van der Waals surface area (Å²) in [6.07, 6.45) is 20.5. The molecule has 0 amide bonds. The minimum Gasteiger partial charge on any atom is -0.362 e. The van der Waals surface area contributed by atoms with Crippen LogP contribution >= 0.6 is 0 Å². The molecule has 2 heteroatoms. The standard InChI is InChI=1S/C26H38O2/c1-5-7-8-17-28-26(6-2)16-13-23-21-10-9-19-18-20(27)11-14-24(19,3)22(21)12-15-25(23,26)4/h2,18,21-23H,5,7-17H2,1,3-4H3/t21-,22+,23+,24+,25+,26+/m1/s1. The summed E-state index contributed by atoms with van der Waals surface area (Å²) in [4.78, 5) is 12.0. The molecule has 0 unspecified atom stereocenters. The van der Waals surface area contributed by atoms with E-state index in [1.165, 1.54) is 44.1 Å². The SMILES string of the molecule is C#C[C@]1(OCCCCC)CC[C@H]2[C@@H]3CCC4=CC(=O)CC[C@]4(C)[C@H]3CC[C@@]21C. The van der Waals surface area contributed by atoms with Gasteiger partial charge in [0.05, 0.1) is 0 Å². The smallest absolute Gasteiger partial charge is 0.155 e. The van der Waals surface area contributed by atoms with E-state index in [4.69, 9.17) is 11.2 Å². The van der Waals surface area contributed by atoms with E-state index < -0.39 is 0 Å². The number of allylic oxidation sites excluding steroid dienone is 1. The topological polar surface area (TPSA) is 26.3 Å². The van der Waals surface area contributed by atoms with Crippen molar-refractivity contribution >= 4 is 5.78 Å². The third-order valence-corrected chi connectivity index (χ3v) is 9.41. The fourth-order valence-electron chi connectivity index (χ4n) is 7.67. The van der Waals surface area contributed by atoms with Crippen molar-refractivity contribution in [2.45, 2.75) is 97.0 Å². The lowest BCUT2D eigenvalue weighted by Crippen LogP contribution is -2.55. The van der Waals surface area contributed by atoms with Crippen molar-refractivity contribution < 1.29 is 9.53 Å². The molecule has 0 spiro atoms. The summed E-state index contributed by atoms with van der Waals surface area (Å²) < 4.78 is 6.55. The van der Waals surface area contributed by atoms with E-state index in [1.54, 1.807) is 0 Å². The number of rotatable bonds is 5. The normalized spacial score (nSPS) is 44.9. The molecule has 3 saturated carbocycles. The van der Waals surface area contributed by atoms with Crippen LogP contribution < -0.4 is 0 Å². The number of unbranched alkanes of at least 4 members (excludes halogenated alkanes) is 2. The number of carbonyl (C=O) groups is 1. The zero-order valence-corrected chi connectivity index (χ0v) is 18.2. The van der Waals surface area contributed by atoms with Crippen molar-refractivity contribution in [3.63, 3.8) is 0 Å². The Morgan fingerprint density at radius 3 is 2.64 bits per heavy atom. The van der Waals surface area contributed by atoms with Crippen LogP contribution in [-0.2, 0) is 9.53 Å². The molecule has 4 rings (SSSR count). The second-order valence-electron chi connectivity index (χ2n) is 10.5. The summed E-state index contributed by atoms with van der Waals surface area (Å²) in [5.74, 6) is 5.65. The Morgan fingerprint density at radius 1 is 1.11 bits per heavy atom. The van der Waals surface area contributed by atoms with Gasteiger partial charge in [-0.05, 0) is 80.6 Å². The molecule has 2 nitrogen and oxygen atoms in total. The zero-order valence-electron chi connectivity index (χ0n) is 18.2. The van der Waals surface area contributed by atoms with Gasteiger partial charge in [-0.2, -0.15) is 0 Å². The van der Waals surface area contributed by atoms with Crippen molar-refractivity contribution in [2.24, 2.45) is 28.6 Å². The lowest BCUT2D eigenvalue weighted by atomic mass is 9.46. The van der Waals surface area contributed by atoms with Crippen molar-refractivity contribution in [1.29, 1.82) is 0 Å². The summed E-state index contributed by atoms with van der Waals surface area (Å²) in [7, 11) is 0. The van der Waals surface area contributed by atoms with Crippen LogP contribution in [0, 0.1) is 40.9 Å². The molecule has 0 radical (unpaired) electrons. The van der Waals surface area contributed by atoms with Crippen molar-refractivity contribution in [3.05, 3.63) is 11.6 Å². The first-order valence-corrected chi connectivity index (χ1v) is 11.8. The van der Waals surface area contributed by atoms with Crippen LogP contribution in [0.5, 0.6) is 0 Å². The Morgan fingerprint density at radius 2 is 1.89 bits per heavy atom. The van der Waals surface area contributed by atoms with Gasteiger partial charge in [-0.3, -0.25) is 4.79 Å². The molecule has 0 N–H and O–H groups in total. The molecule has 154 valence electrons. The Bertz CT molecular complexity index is 700. The third-order valence-electron chi connectivity index (χ3n) is 9.41. The van der Waals surface area contributed by atoms with Gasteiger partial charge in [-0.25, -0.2) is 0 Å². The molecule has 0 saturated heterocycles. The second-order valence-corrected chi connectivity index (χ2v) is 10.5. The molecule has 4 aliphatic rings. The zero-order chi connectivity index (χ0) is 20.0. The van der Waals surface area contributed by atoms with Crippen LogP contribution in [0.2, 0.25) is 0 Å². The largest absolute Gasteiger partial charge is 0.362 e. The van der Waals surface area contributed by atoms with Crippen molar-refractivity contribution in [3.8, 4) is 12.3 Å². The summed E-state index contributed by atoms with van der Waals surface area (Å²) in [6.45, 7) is 7.94. The molecule has 0 bridgehead atoms. The first kappa shape index (κ1) is 20.2. The minimum absolute atomic E-state index is 0.108. The molecule has 6 atom stereocenters. The second kappa shape index (κ2) is 7.32. The van der Waals surface area contributed by atoms with Gasteiger partial charge >= 0.3 is 0 Å². The molecule has 28 heavy (non-hydrogen) atoms. The highest BCUT2D eigenvalue weighted by atomic mass is 16.5. The summed E-state index contributed by atoms with van der Waals surface area (Å²) in [6, 6.07) is 0. The maximum absolute atomic E-state index is 12.0. The van der Waals surface area contributed by atoms with Crippen molar-refractivity contribution in [1.82, 2.24) is 0 Å². The average molecular weight is 383 g/mol. The minimum atomic E-state index is -0.365. The average Bonchev–Trinajstić information content (AvgIpc) is 2.99. The van der Waals surface area contributed by atoms with E-state index in [9.17, 15) is 4.79 Å². The maximum Gasteiger partial charge on any atom is 0.155 e. The van der Waals surface area contributed by atoms with E-state index in [0.717, 1.165) is 44.6 Å². The molecule has 3 fully saturated rings. The van der Waals surface area contributed by atoms with Crippen LogP contribution in [-0.4, -0.2) is 18.0 Å². The number of terminal acetylenes is 1. The van der Waals surface area contributed by atoms with Gasteiger partial charge in [0.2, 0.25) is 0 Å². The lowest BCUT2D eigenvalue weighted by Gasteiger charge is -2.59. The fraction of sp³-hybridized carbons (Fsp3) is 0.808. The molecule has 0 heterocycles. The highest BCUT2D eigenvalue weighted by Crippen LogP contribution is 2.68. The first-order valence-electron chi connectivity index (χ1n) is 11.8. The van der Waals surface area contributed by atoms with Gasteiger partial charge in [-0.15, -0.1) is 6.42 Å².